The van der Waals surface area contributed by atoms with Crippen LogP contribution in [0.25, 0.3) is 11.4 Å². The maximum Gasteiger partial charge on any atom is 0.261 e. The van der Waals surface area contributed by atoms with Crippen LogP contribution in [0.4, 0.5) is 4.39 Å². The summed E-state index contributed by atoms with van der Waals surface area (Å²) in [7, 11) is 0. The van der Waals surface area contributed by atoms with Crippen LogP contribution >= 0.6 is 0 Å². The quantitative estimate of drug-likeness (QED) is 0.881. The number of carbonyl (C=O) groups is 1. The minimum atomic E-state index is -0.519. The van der Waals surface area contributed by atoms with Crippen LogP contribution in [-0.4, -0.2) is 29.1 Å². The van der Waals surface area contributed by atoms with Crippen LogP contribution in [0, 0.1) is 5.92 Å². The molecule has 2 aromatic rings. The average Bonchev–Trinajstić information content (AvgIpc) is 2.53. The van der Waals surface area contributed by atoms with Crippen molar-refractivity contribution in [1.29, 1.82) is 0 Å². The molecule has 0 saturated carbocycles. The number of pyridine rings is 2. The number of hydrogen-bond donors (Lipinski definition) is 2. The molecule has 0 aliphatic rings. The fraction of sp³-hybridized carbons (Fsp3) is 0.267. The second-order valence-corrected chi connectivity index (χ2v) is 4.80. The molecule has 0 fully saturated rings. The molecule has 2 N–H and O–H groups in total. The molecular formula is C15H16FN3O2. The van der Waals surface area contributed by atoms with Crippen molar-refractivity contribution in [3.8, 4) is 11.4 Å². The van der Waals surface area contributed by atoms with E-state index in [2.05, 4.69) is 15.3 Å². The lowest BCUT2D eigenvalue weighted by atomic mass is 10.1. The van der Waals surface area contributed by atoms with Gasteiger partial charge < -0.3 is 10.3 Å². The number of nitrogens with one attached hydrogen (secondary N) is 2. The Hall–Kier alpha value is -2.50. The predicted molar refractivity (Wildman–Crippen MR) is 77.8 cm³/mol. The van der Waals surface area contributed by atoms with E-state index in [4.69, 9.17) is 0 Å². The van der Waals surface area contributed by atoms with Gasteiger partial charge in [-0.05, 0) is 24.3 Å². The minimum absolute atomic E-state index is 0.000685. The first-order valence-corrected chi connectivity index (χ1v) is 6.60. The van der Waals surface area contributed by atoms with Gasteiger partial charge in [-0.3, -0.25) is 19.0 Å². The van der Waals surface area contributed by atoms with Crippen molar-refractivity contribution in [2.45, 2.75) is 6.92 Å². The normalized spacial score (nSPS) is 11.9. The first-order chi connectivity index (χ1) is 10.1. The Morgan fingerprint density at radius 3 is 2.81 bits per heavy atom. The van der Waals surface area contributed by atoms with Gasteiger partial charge in [-0.25, -0.2) is 0 Å². The first-order valence-electron chi connectivity index (χ1n) is 6.60. The number of nitrogens with zero attached hydrogens (tertiary/aromatic N) is 1. The number of alkyl halides is 1. The summed E-state index contributed by atoms with van der Waals surface area (Å²) in [6.07, 6.45) is 1.62. The summed E-state index contributed by atoms with van der Waals surface area (Å²) in [5.41, 5.74) is 0.658. The van der Waals surface area contributed by atoms with E-state index in [-0.39, 0.29) is 18.0 Å². The van der Waals surface area contributed by atoms with Crippen molar-refractivity contribution in [2.24, 2.45) is 5.92 Å². The molecule has 0 bridgehead atoms. The molecule has 0 aliphatic heterocycles. The van der Waals surface area contributed by atoms with Crippen molar-refractivity contribution < 1.29 is 9.18 Å². The molecule has 2 rings (SSSR count). The monoisotopic (exact) mass is 289 g/mol. The van der Waals surface area contributed by atoms with Crippen molar-refractivity contribution >= 4 is 5.91 Å². The summed E-state index contributed by atoms with van der Waals surface area (Å²) in [6, 6.07) is 8.40. The number of H-pyrrole nitrogens is 1. The SMILES string of the molecule is C[C@H](CF)CNC(=O)c1ccc(-c2ccccn2)[nH]c1=O. The molecule has 1 amide bonds. The van der Waals surface area contributed by atoms with E-state index in [0.717, 1.165) is 0 Å². The molecular weight excluding hydrogens is 273 g/mol. The van der Waals surface area contributed by atoms with Gasteiger partial charge in [0.05, 0.1) is 18.1 Å². The van der Waals surface area contributed by atoms with E-state index in [1.807, 2.05) is 0 Å². The van der Waals surface area contributed by atoms with Crippen LogP contribution in [0.3, 0.4) is 0 Å². The fourth-order valence-electron chi connectivity index (χ4n) is 1.74. The van der Waals surface area contributed by atoms with Gasteiger partial charge in [0.15, 0.2) is 0 Å². The third kappa shape index (κ3) is 3.75. The van der Waals surface area contributed by atoms with Gasteiger partial charge in [0.25, 0.3) is 11.5 Å². The molecule has 0 unspecified atom stereocenters. The second kappa shape index (κ2) is 6.78. The van der Waals surface area contributed by atoms with E-state index < -0.39 is 18.1 Å². The third-order valence-electron chi connectivity index (χ3n) is 2.97. The number of rotatable bonds is 5. The Labute approximate surface area is 121 Å². The molecule has 1 atom stereocenters. The lowest BCUT2D eigenvalue weighted by Gasteiger charge is -2.08. The minimum Gasteiger partial charge on any atom is -0.351 e. The lowest BCUT2D eigenvalue weighted by molar-refractivity contribution is 0.0945. The van der Waals surface area contributed by atoms with Crippen LogP contribution in [0.2, 0.25) is 0 Å². The van der Waals surface area contributed by atoms with Gasteiger partial charge in [0, 0.05) is 18.7 Å². The van der Waals surface area contributed by atoms with Gasteiger partial charge in [0.2, 0.25) is 0 Å². The molecule has 0 saturated heterocycles. The Morgan fingerprint density at radius 1 is 1.38 bits per heavy atom. The Kier molecular flexibility index (Phi) is 4.81. The van der Waals surface area contributed by atoms with Crippen molar-refractivity contribution in [2.75, 3.05) is 13.2 Å². The highest BCUT2D eigenvalue weighted by molar-refractivity contribution is 5.94. The van der Waals surface area contributed by atoms with Crippen LogP contribution in [0.15, 0.2) is 41.3 Å². The summed E-state index contributed by atoms with van der Waals surface area (Å²) >= 11 is 0. The lowest BCUT2D eigenvalue weighted by Crippen LogP contribution is -2.33. The average molecular weight is 289 g/mol. The summed E-state index contributed by atoms with van der Waals surface area (Å²) < 4.78 is 12.3. The highest BCUT2D eigenvalue weighted by Crippen LogP contribution is 2.11. The molecule has 2 heterocycles. The Bertz CT molecular complexity index is 670. The maximum atomic E-state index is 12.3. The molecule has 0 aliphatic carbocycles. The molecule has 0 spiro atoms. The highest BCUT2D eigenvalue weighted by atomic mass is 19.1. The van der Waals surface area contributed by atoms with E-state index >= 15 is 0 Å². The van der Waals surface area contributed by atoms with Gasteiger partial charge >= 0.3 is 0 Å². The molecule has 5 nitrogen and oxygen atoms in total. The highest BCUT2D eigenvalue weighted by Gasteiger charge is 2.12. The van der Waals surface area contributed by atoms with E-state index in [0.29, 0.717) is 11.4 Å². The zero-order chi connectivity index (χ0) is 15.2. The number of aromatic amines is 1. The Morgan fingerprint density at radius 2 is 2.19 bits per heavy atom. The molecule has 2 aromatic heterocycles. The molecule has 110 valence electrons. The van der Waals surface area contributed by atoms with Crippen LogP contribution in [0.5, 0.6) is 0 Å². The Balaban J connectivity index is 2.16. The summed E-state index contributed by atoms with van der Waals surface area (Å²) in [6.45, 7) is 1.35. The molecule has 6 heteroatoms. The van der Waals surface area contributed by atoms with Crippen molar-refractivity contribution in [3.63, 3.8) is 0 Å². The topological polar surface area (TPSA) is 74.8 Å². The number of aromatic nitrogens is 2. The number of halogens is 1. The molecule has 0 radical (unpaired) electrons. The number of amides is 1. The first kappa shape index (κ1) is 14.9. The van der Waals surface area contributed by atoms with Gasteiger partial charge in [-0.15, -0.1) is 0 Å². The predicted octanol–water partition coefficient (Wildman–Crippen LogP) is 1.77. The standard InChI is InChI=1S/C15H16FN3O2/c1-10(8-16)9-18-14(20)11-5-6-13(19-15(11)21)12-4-2-3-7-17-12/h2-7,10H,8-9H2,1H3,(H,18,20)(H,19,21)/t10-/m1/s1. The van der Waals surface area contributed by atoms with E-state index in [1.165, 1.54) is 6.07 Å². The third-order valence-corrected chi connectivity index (χ3v) is 2.97. The molecule has 0 aromatic carbocycles. The van der Waals surface area contributed by atoms with Gasteiger partial charge in [-0.1, -0.05) is 13.0 Å². The summed E-state index contributed by atoms with van der Waals surface area (Å²) in [4.78, 5) is 30.6. The number of hydrogen-bond acceptors (Lipinski definition) is 3. The van der Waals surface area contributed by atoms with Crippen molar-refractivity contribution in [3.05, 3.63) is 52.4 Å². The van der Waals surface area contributed by atoms with E-state index in [9.17, 15) is 14.0 Å². The zero-order valence-corrected chi connectivity index (χ0v) is 11.6. The second-order valence-electron chi connectivity index (χ2n) is 4.80. The fourth-order valence-corrected chi connectivity index (χ4v) is 1.74. The zero-order valence-electron chi connectivity index (χ0n) is 11.6. The van der Waals surface area contributed by atoms with E-state index in [1.54, 1.807) is 37.4 Å². The van der Waals surface area contributed by atoms with Crippen molar-refractivity contribution in [1.82, 2.24) is 15.3 Å². The van der Waals surface area contributed by atoms with Gasteiger partial charge in [0.1, 0.15) is 5.56 Å². The largest absolute Gasteiger partial charge is 0.351 e. The smallest absolute Gasteiger partial charge is 0.261 e. The van der Waals surface area contributed by atoms with Crippen LogP contribution in [-0.2, 0) is 0 Å². The number of carbonyl (C=O) groups excluding carboxylic acids is 1. The van der Waals surface area contributed by atoms with Crippen LogP contribution in [0.1, 0.15) is 17.3 Å². The summed E-state index contributed by atoms with van der Waals surface area (Å²) in [5, 5.41) is 2.54. The maximum absolute atomic E-state index is 12.3. The van der Waals surface area contributed by atoms with Gasteiger partial charge in [-0.2, -0.15) is 0 Å². The van der Waals surface area contributed by atoms with Crippen LogP contribution < -0.4 is 10.9 Å². The summed E-state index contributed by atoms with van der Waals surface area (Å²) in [5.74, 6) is -0.787. The molecule has 21 heavy (non-hydrogen) atoms.